The van der Waals surface area contributed by atoms with Gasteiger partial charge in [-0.1, -0.05) is 0 Å². The third kappa shape index (κ3) is 4.09. The topological polar surface area (TPSA) is 97.1 Å². The summed E-state index contributed by atoms with van der Waals surface area (Å²) in [6.45, 7) is 0.900. The average Bonchev–Trinajstić information content (AvgIpc) is 3.40. The number of halogens is 3. The molecule has 1 saturated carbocycles. The fraction of sp³-hybridized carbons (Fsp3) is 0.476. The van der Waals surface area contributed by atoms with Gasteiger partial charge in [-0.05, 0) is 32.1 Å². The Balaban J connectivity index is 1.50. The van der Waals surface area contributed by atoms with Crippen LogP contribution < -0.4 is 10.6 Å². The Kier molecular flexibility index (Phi) is 5.27. The van der Waals surface area contributed by atoms with E-state index in [9.17, 15) is 18.3 Å². The predicted molar refractivity (Wildman–Crippen MR) is 111 cm³/mol. The van der Waals surface area contributed by atoms with Crippen LogP contribution >= 0.6 is 0 Å². The van der Waals surface area contributed by atoms with Crippen LogP contribution in [0.15, 0.2) is 18.3 Å². The lowest BCUT2D eigenvalue weighted by atomic mass is 9.93. The van der Waals surface area contributed by atoms with Crippen molar-refractivity contribution < 1.29 is 24.4 Å². The molecule has 0 radical (unpaired) electrons. The van der Waals surface area contributed by atoms with E-state index in [0.717, 1.165) is 0 Å². The highest BCUT2D eigenvalue weighted by molar-refractivity contribution is 5.76. The Hall–Kier alpha value is -2.92. The summed E-state index contributed by atoms with van der Waals surface area (Å²) in [6.07, 6.45) is 2.64. The van der Waals surface area contributed by atoms with E-state index in [2.05, 4.69) is 25.6 Å². The van der Waals surface area contributed by atoms with Crippen LogP contribution in [0.5, 0.6) is 0 Å². The molecule has 0 spiro atoms. The molecule has 2 fully saturated rings. The molecule has 3 N–H and O–H groups in total. The number of benzene rings is 1. The highest BCUT2D eigenvalue weighted by Crippen LogP contribution is 2.32. The Morgan fingerprint density at radius 2 is 1.94 bits per heavy atom. The van der Waals surface area contributed by atoms with Crippen molar-refractivity contribution in [2.24, 2.45) is 0 Å². The molecule has 5 rings (SSSR count). The first-order chi connectivity index (χ1) is 15.9. The van der Waals surface area contributed by atoms with Gasteiger partial charge in [0.05, 0.1) is 24.9 Å². The van der Waals surface area contributed by atoms with Gasteiger partial charge in [0.15, 0.2) is 17.3 Å². The van der Waals surface area contributed by atoms with Crippen LogP contribution in [0, 0.1) is 17.5 Å². The minimum Gasteiger partial charge on any atom is -0.393 e. The molecule has 3 heterocycles. The van der Waals surface area contributed by atoms with Crippen LogP contribution in [0.25, 0.3) is 11.2 Å². The van der Waals surface area contributed by atoms with Gasteiger partial charge in [0, 0.05) is 26.2 Å². The maximum absolute atomic E-state index is 14.3. The Labute approximate surface area is 183 Å². The Morgan fingerprint density at radius 1 is 1.12 bits per heavy atom. The van der Waals surface area contributed by atoms with Crippen LogP contribution in [0.3, 0.4) is 0 Å². The van der Waals surface area contributed by atoms with Crippen LogP contribution in [0.2, 0.25) is 0 Å². The lowest BCUT2D eigenvalue weighted by Crippen LogP contribution is -2.29. The summed E-state index contributed by atoms with van der Waals surface area (Å²) in [6, 6.07) is 0.966. The van der Waals surface area contributed by atoms with Gasteiger partial charge >= 0.3 is 0 Å². The summed E-state index contributed by atoms with van der Waals surface area (Å²) in [7, 11) is 0. The number of hydrogen-bond donors (Lipinski definition) is 3. The van der Waals surface area contributed by atoms with Gasteiger partial charge < -0.3 is 20.5 Å². The lowest BCUT2D eigenvalue weighted by Gasteiger charge is -2.26. The molecule has 0 amide bonds. The normalized spacial score (nSPS) is 26.3. The van der Waals surface area contributed by atoms with Gasteiger partial charge in [0.1, 0.15) is 17.0 Å². The molecule has 2 aliphatic rings. The lowest BCUT2D eigenvalue weighted by molar-refractivity contribution is 0.126. The van der Waals surface area contributed by atoms with E-state index in [0.29, 0.717) is 68.1 Å². The third-order valence-electron chi connectivity index (χ3n) is 5.78. The standard InChI is InChI=1S/C21H23F3N6O2/c22-11-7-15(23)18(16(24)8-11)28-21-27-17-9-25-20(26-12-1-3-14(31)4-2-12)29-19(17)30(21)13-5-6-32-10-13/h7-9,12-14,31H,1-6,10H2,(H,27,28)(H,25,26,29)/i3D. The summed E-state index contributed by atoms with van der Waals surface area (Å²) in [5, 5.41) is 15.7. The third-order valence-corrected chi connectivity index (χ3v) is 5.78. The van der Waals surface area contributed by atoms with Crippen LogP contribution in [-0.4, -0.2) is 50.0 Å². The molecule has 1 aliphatic heterocycles. The van der Waals surface area contributed by atoms with Crippen molar-refractivity contribution >= 4 is 28.7 Å². The summed E-state index contributed by atoms with van der Waals surface area (Å²) >= 11 is 0. The molecule has 1 saturated heterocycles. The van der Waals surface area contributed by atoms with E-state index < -0.39 is 35.6 Å². The second kappa shape index (κ2) is 8.55. The van der Waals surface area contributed by atoms with E-state index in [4.69, 9.17) is 6.11 Å². The van der Waals surface area contributed by atoms with Gasteiger partial charge in [0.25, 0.3) is 0 Å². The van der Waals surface area contributed by atoms with Gasteiger partial charge in [-0.3, -0.25) is 4.57 Å². The number of aliphatic hydroxyl groups excluding tert-OH is 1. The van der Waals surface area contributed by atoms with Crippen LogP contribution in [0.1, 0.15) is 39.5 Å². The number of aliphatic hydroxyl groups is 1. The Bertz CT molecular complexity index is 1150. The van der Waals surface area contributed by atoms with E-state index in [-0.39, 0.29) is 18.0 Å². The maximum atomic E-state index is 14.3. The molecule has 4 unspecified atom stereocenters. The fourth-order valence-electron chi connectivity index (χ4n) is 4.14. The summed E-state index contributed by atoms with van der Waals surface area (Å²) in [4.78, 5) is 13.3. The van der Waals surface area contributed by atoms with Crippen molar-refractivity contribution in [3.8, 4) is 0 Å². The monoisotopic (exact) mass is 449 g/mol. The molecule has 2 aromatic heterocycles. The Morgan fingerprint density at radius 3 is 2.66 bits per heavy atom. The number of anilines is 3. The van der Waals surface area contributed by atoms with E-state index in [1.807, 2.05) is 0 Å². The number of hydrogen-bond acceptors (Lipinski definition) is 7. The summed E-state index contributed by atoms with van der Waals surface area (Å²) in [5.41, 5.74) is 0.349. The van der Waals surface area contributed by atoms with E-state index >= 15 is 0 Å². The van der Waals surface area contributed by atoms with E-state index in [1.54, 1.807) is 4.57 Å². The largest absolute Gasteiger partial charge is 0.393 e. The highest BCUT2D eigenvalue weighted by Gasteiger charge is 2.27. The molecule has 3 aromatic rings. The minimum atomic E-state index is -1.08. The number of nitrogens with zero attached hydrogens (tertiary/aromatic N) is 4. The van der Waals surface area contributed by atoms with Crippen molar-refractivity contribution in [1.29, 1.82) is 0 Å². The van der Waals surface area contributed by atoms with Crippen molar-refractivity contribution in [3.63, 3.8) is 0 Å². The number of ether oxygens (including phenoxy) is 1. The second-order valence-electron chi connectivity index (χ2n) is 8.05. The minimum absolute atomic E-state index is 0.0560. The number of fused-ring (bicyclic) bond motifs is 1. The highest BCUT2D eigenvalue weighted by atomic mass is 19.1. The van der Waals surface area contributed by atoms with Crippen molar-refractivity contribution in [1.82, 2.24) is 19.5 Å². The molecule has 32 heavy (non-hydrogen) atoms. The van der Waals surface area contributed by atoms with Crippen LogP contribution in [0.4, 0.5) is 30.8 Å². The molecule has 11 heteroatoms. The fourth-order valence-corrected chi connectivity index (χ4v) is 4.14. The zero-order valence-electron chi connectivity index (χ0n) is 18.1. The smallest absolute Gasteiger partial charge is 0.224 e. The van der Waals surface area contributed by atoms with Crippen LogP contribution in [-0.2, 0) is 4.74 Å². The molecule has 1 aromatic carbocycles. The second-order valence-corrected chi connectivity index (χ2v) is 8.05. The SMILES string of the molecule is [2H]C1CC(Nc2ncc3nc(Nc4c(F)cc(F)cc4F)n(C4CCOC4)c3n2)CCC1O. The molecular formula is C21H23F3N6O2. The number of nitrogens with one attached hydrogen (secondary N) is 2. The van der Waals surface area contributed by atoms with Gasteiger partial charge in [-0.25, -0.2) is 23.1 Å². The number of imidazole rings is 1. The molecule has 1 aliphatic carbocycles. The van der Waals surface area contributed by atoms with Gasteiger partial charge in [-0.15, -0.1) is 0 Å². The number of rotatable bonds is 5. The van der Waals surface area contributed by atoms with Gasteiger partial charge in [-0.2, -0.15) is 4.98 Å². The summed E-state index contributed by atoms with van der Waals surface area (Å²) < 4.78 is 57.0. The van der Waals surface area contributed by atoms with Crippen molar-refractivity contribution in [3.05, 3.63) is 35.8 Å². The molecule has 4 atom stereocenters. The average molecular weight is 449 g/mol. The van der Waals surface area contributed by atoms with Gasteiger partial charge in [0.2, 0.25) is 11.9 Å². The first-order valence-electron chi connectivity index (χ1n) is 11.1. The maximum Gasteiger partial charge on any atom is 0.224 e. The first kappa shape index (κ1) is 19.7. The van der Waals surface area contributed by atoms with E-state index in [1.165, 1.54) is 6.20 Å². The molecular weight excluding hydrogens is 425 g/mol. The molecule has 0 bridgehead atoms. The molecule has 8 nitrogen and oxygen atoms in total. The zero-order valence-corrected chi connectivity index (χ0v) is 17.1. The summed E-state index contributed by atoms with van der Waals surface area (Å²) in [5.74, 6) is -2.69. The predicted octanol–water partition coefficient (Wildman–Crippen LogP) is 3.66. The van der Waals surface area contributed by atoms with Crippen molar-refractivity contribution in [2.45, 2.75) is 50.3 Å². The molecule has 170 valence electrons. The number of aromatic nitrogens is 4. The van der Waals surface area contributed by atoms with Crippen molar-refractivity contribution in [2.75, 3.05) is 23.8 Å². The quantitative estimate of drug-likeness (QED) is 0.547. The zero-order chi connectivity index (χ0) is 23.1. The first-order valence-corrected chi connectivity index (χ1v) is 10.5.